The van der Waals surface area contributed by atoms with Crippen molar-refractivity contribution in [2.24, 2.45) is 0 Å². The molecule has 2 saturated carbocycles. The summed E-state index contributed by atoms with van der Waals surface area (Å²) >= 11 is 0. The lowest BCUT2D eigenvalue weighted by atomic mass is 10.1. The van der Waals surface area contributed by atoms with Crippen LogP contribution in [0.1, 0.15) is 67.4 Å². The molecule has 2 fully saturated rings. The van der Waals surface area contributed by atoms with Gasteiger partial charge in [0.25, 0.3) is 5.91 Å². The Labute approximate surface area is 126 Å². The highest BCUT2D eigenvalue weighted by Crippen LogP contribution is 2.32. The van der Waals surface area contributed by atoms with Crippen LogP contribution in [0.25, 0.3) is 0 Å². The third-order valence-electron chi connectivity index (χ3n) is 4.90. The van der Waals surface area contributed by atoms with Gasteiger partial charge in [-0.1, -0.05) is 25.7 Å². The van der Waals surface area contributed by atoms with Crippen LogP contribution in [-0.4, -0.2) is 33.0 Å². The number of nitrogens with zero attached hydrogens (tertiary/aromatic N) is 2. The second kappa shape index (κ2) is 6.56. The largest absolute Gasteiger partial charge is 0.390 e. The van der Waals surface area contributed by atoms with Crippen LogP contribution >= 0.6 is 0 Å². The third-order valence-corrected chi connectivity index (χ3v) is 4.90. The Morgan fingerprint density at radius 2 is 1.67 bits per heavy atom. The summed E-state index contributed by atoms with van der Waals surface area (Å²) in [6, 6.07) is 4.38. The van der Waals surface area contributed by atoms with Gasteiger partial charge in [0.15, 0.2) is 0 Å². The number of aromatic nitrogens is 1. The van der Waals surface area contributed by atoms with Crippen LogP contribution in [0.2, 0.25) is 0 Å². The van der Waals surface area contributed by atoms with Crippen molar-refractivity contribution in [3.63, 3.8) is 0 Å². The molecule has 2 aliphatic rings. The lowest BCUT2D eigenvalue weighted by Crippen LogP contribution is -2.45. The molecule has 4 heteroatoms. The summed E-state index contributed by atoms with van der Waals surface area (Å²) in [7, 11) is 0. The van der Waals surface area contributed by atoms with Crippen molar-refractivity contribution in [3.8, 4) is 0 Å². The Kier molecular flexibility index (Phi) is 4.54. The van der Waals surface area contributed by atoms with E-state index in [2.05, 4.69) is 9.88 Å². The molecule has 2 aliphatic carbocycles. The van der Waals surface area contributed by atoms with E-state index < -0.39 is 0 Å². The zero-order chi connectivity index (χ0) is 14.7. The smallest absolute Gasteiger partial charge is 0.255 e. The van der Waals surface area contributed by atoms with E-state index in [9.17, 15) is 4.79 Å². The summed E-state index contributed by atoms with van der Waals surface area (Å²) < 4.78 is 0. The molecule has 1 aromatic heterocycles. The van der Waals surface area contributed by atoms with Gasteiger partial charge < -0.3 is 10.0 Å². The number of aliphatic hydroxyl groups is 1. The van der Waals surface area contributed by atoms with Crippen molar-refractivity contribution in [3.05, 3.63) is 29.6 Å². The van der Waals surface area contributed by atoms with Crippen LogP contribution in [0, 0.1) is 0 Å². The molecule has 21 heavy (non-hydrogen) atoms. The predicted octanol–water partition coefficient (Wildman–Crippen LogP) is 2.90. The molecule has 0 atom stereocenters. The molecule has 1 heterocycles. The molecule has 4 nitrogen and oxygen atoms in total. The molecule has 0 radical (unpaired) electrons. The fourth-order valence-corrected chi connectivity index (χ4v) is 3.79. The maximum atomic E-state index is 12.9. The molecule has 0 spiro atoms. The lowest BCUT2D eigenvalue weighted by molar-refractivity contribution is 0.0580. The van der Waals surface area contributed by atoms with Gasteiger partial charge in [-0.15, -0.1) is 0 Å². The number of pyridine rings is 1. The number of aliphatic hydroxyl groups excluding tert-OH is 1. The summed E-state index contributed by atoms with van der Waals surface area (Å²) in [5, 5.41) is 9.06. The van der Waals surface area contributed by atoms with Gasteiger partial charge in [-0.05, 0) is 37.8 Å². The molecule has 0 saturated heterocycles. The summed E-state index contributed by atoms with van der Waals surface area (Å²) in [6.07, 6.45) is 11.1. The van der Waals surface area contributed by atoms with Gasteiger partial charge in [0.05, 0.1) is 17.9 Å². The average molecular weight is 288 g/mol. The molecule has 0 unspecified atom stereocenters. The highest BCUT2D eigenvalue weighted by Gasteiger charge is 2.34. The minimum atomic E-state index is -0.0799. The quantitative estimate of drug-likeness (QED) is 0.927. The van der Waals surface area contributed by atoms with Crippen LogP contribution in [0.5, 0.6) is 0 Å². The lowest BCUT2D eigenvalue weighted by Gasteiger charge is -2.34. The van der Waals surface area contributed by atoms with Gasteiger partial charge >= 0.3 is 0 Å². The molecule has 1 amide bonds. The highest BCUT2D eigenvalue weighted by atomic mass is 16.3. The summed E-state index contributed by atoms with van der Waals surface area (Å²) in [4.78, 5) is 19.3. The number of carbonyl (C=O) groups excluding carboxylic acids is 1. The van der Waals surface area contributed by atoms with E-state index >= 15 is 0 Å². The SMILES string of the molecule is O=C(c1ccc(CO)nc1)N(C1CCCC1)C1CCCC1. The fraction of sp³-hybridized carbons (Fsp3) is 0.647. The summed E-state index contributed by atoms with van der Waals surface area (Å²) in [6.45, 7) is -0.0799. The third kappa shape index (κ3) is 3.10. The van der Waals surface area contributed by atoms with Gasteiger partial charge in [0, 0.05) is 18.3 Å². The zero-order valence-corrected chi connectivity index (χ0v) is 12.5. The minimum Gasteiger partial charge on any atom is -0.390 e. The Bertz CT molecular complexity index is 458. The number of amides is 1. The van der Waals surface area contributed by atoms with Crippen molar-refractivity contribution in [2.75, 3.05) is 0 Å². The molecule has 0 bridgehead atoms. The average Bonchev–Trinajstić information content (AvgIpc) is 3.21. The maximum absolute atomic E-state index is 12.9. The second-order valence-corrected chi connectivity index (χ2v) is 6.29. The van der Waals surface area contributed by atoms with Crippen molar-refractivity contribution in [1.29, 1.82) is 0 Å². The van der Waals surface area contributed by atoms with Crippen LogP contribution in [0.3, 0.4) is 0 Å². The van der Waals surface area contributed by atoms with E-state index in [1.165, 1.54) is 25.7 Å². The monoisotopic (exact) mass is 288 g/mol. The Morgan fingerprint density at radius 1 is 1.10 bits per heavy atom. The van der Waals surface area contributed by atoms with Gasteiger partial charge in [-0.3, -0.25) is 9.78 Å². The predicted molar refractivity (Wildman–Crippen MR) is 80.8 cm³/mol. The summed E-state index contributed by atoms with van der Waals surface area (Å²) in [5.74, 6) is 0.130. The minimum absolute atomic E-state index is 0.0799. The van der Waals surface area contributed by atoms with Crippen LogP contribution in [0.4, 0.5) is 0 Å². The van der Waals surface area contributed by atoms with Crippen molar-refractivity contribution in [1.82, 2.24) is 9.88 Å². The number of hydrogen-bond donors (Lipinski definition) is 1. The van der Waals surface area contributed by atoms with E-state index in [1.54, 1.807) is 18.3 Å². The maximum Gasteiger partial charge on any atom is 0.255 e. The second-order valence-electron chi connectivity index (χ2n) is 6.29. The molecule has 114 valence electrons. The van der Waals surface area contributed by atoms with Crippen molar-refractivity contribution >= 4 is 5.91 Å². The molecule has 1 aromatic rings. The fourth-order valence-electron chi connectivity index (χ4n) is 3.79. The molecule has 1 N–H and O–H groups in total. The van der Waals surface area contributed by atoms with E-state index in [4.69, 9.17) is 5.11 Å². The van der Waals surface area contributed by atoms with E-state index in [0.717, 1.165) is 25.7 Å². The molecule has 0 aromatic carbocycles. The molecule has 3 rings (SSSR count). The van der Waals surface area contributed by atoms with Crippen molar-refractivity contribution < 1.29 is 9.90 Å². The van der Waals surface area contributed by atoms with Crippen LogP contribution < -0.4 is 0 Å². The summed E-state index contributed by atoms with van der Waals surface area (Å²) in [5.41, 5.74) is 1.27. The molecular formula is C17H24N2O2. The highest BCUT2D eigenvalue weighted by molar-refractivity contribution is 5.94. The Hall–Kier alpha value is -1.42. The first kappa shape index (κ1) is 14.5. The van der Waals surface area contributed by atoms with Gasteiger partial charge in [0.1, 0.15) is 0 Å². The van der Waals surface area contributed by atoms with E-state index in [0.29, 0.717) is 23.3 Å². The standard InChI is InChI=1S/C17H24N2O2/c20-12-14-10-9-13(11-18-14)17(21)19(15-5-1-2-6-15)16-7-3-4-8-16/h9-11,15-16,20H,1-8,12H2. The van der Waals surface area contributed by atoms with Gasteiger partial charge in [0.2, 0.25) is 0 Å². The molecular weight excluding hydrogens is 264 g/mol. The zero-order valence-electron chi connectivity index (χ0n) is 12.5. The first-order valence-electron chi connectivity index (χ1n) is 8.18. The topological polar surface area (TPSA) is 53.4 Å². The Balaban J connectivity index is 1.81. The van der Waals surface area contributed by atoms with E-state index in [1.807, 2.05) is 0 Å². The number of rotatable bonds is 4. The van der Waals surface area contributed by atoms with Crippen molar-refractivity contribution in [2.45, 2.75) is 70.1 Å². The first-order valence-corrected chi connectivity index (χ1v) is 8.18. The Morgan fingerprint density at radius 3 is 2.10 bits per heavy atom. The number of carbonyl (C=O) groups is 1. The van der Waals surface area contributed by atoms with Crippen LogP contribution in [0.15, 0.2) is 18.3 Å². The number of hydrogen-bond acceptors (Lipinski definition) is 3. The first-order chi connectivity index (χ1) is 10.3. The van der Waals surface area contributed by atoms with Crippen LogP contribution in [-0.2, 0) is 6.61 Å². The normalized spacial score (nSPS) is 20.0. The van der Waals surface area contributed by atoms with Gasteiger partial charge in [-0.2, -0.15) is 0 Å². The van der Waals surface area contributed by atoms with E-state index in [-0.39, 0.29) is 12.5 Å². The molecule has 0 aliphatic heterocycles. The van der Waals surface area contributed by atoms with Gasteiger partial charge in [-0.25, -0.2) is 0 Å².